The van der Waals surface area contributed by atoms with Gasteiger partial charge in [-0.05, 0) is 18.2 Å². The van der Waals surface area contributed by atoms with Crippen molar-refractivity contribution in [2.45, 2.75) is 6.18 Å². The molecule has 0 aliphatic rings. The Hall–Kier alpha value is -4.27. The number of rotatable bonds is 7. The maximum absolute atomic E-state index is 12.8. The molecule has 2 heterocycles. The summed E-state index contributed by atoms with van der Waals surface area (Å²) in [5, 5.41) is 8.40. The van der Waals surface area contributed by atoms with Crippen LogP contribution in [-0.2, 0) is 15.8 Å². The molecule has 1 aromatic carbocycles. The number of anilines is 1. The van der Waals surface area contributed by atoms with Crippen molar-refractivity contribution in [3.8, 4) is 29.0 Å². The molecule has 0 spiro atoms. The second kappa shape index (κ2) is 9.49. The maximum Gasteiger partial charge on any atom is 0.432 e. The number of imidazole rings is 1. The number of hydrogen-bond acceptors (Lipinski definition) is 6. The Morgan fingerprint density at radius 1 is 1.32 bits per heavy atom. The van der Waals surface area contributed by atoms with E-state index in [1.54, 1.807) is 0 Å². The van der Waals surface area contributed by atoms with Gasteiger partial charge in [0.1, 0.15) is 30.1 Å². The molecular weight excluding hydrogens is 419 g/mol. The van der Waals surface area contributed by atoms with Gasteiger partial charge >= 0.3 is 12.1 Å². The molecule has 0 aliphatic carbocycles. The molecule has 0 saturated heterocycles. The van der Waals surface area contributed by atoms with E-state index in [-0.39, 0.29) is 36.0 Å². The average molecular weight is 433 g/mol. The Labute approximate surface area is 173 Å². The van der Waals surface area contributed by atoms with E-state index < -0.39 is 17.8 Å². The molecule has 160 valence electrons. The lowest BCUT2D eigenvalue weighted by molar-refractivity contribution is -0.140. The zero-order valence-corrected chi connectivity index (χ0v) is 15.6. The van der Waals surface area contributed by atoms with Crippen molar-refractivity contribution in [3.63, 3.8) is 0 Å². The largest absolute Gasteiger partial charge is 0.490 e. The molecule has 3 rings (SSSR count). The van der Waals surface area contributed by atoms with Gasteiger partial charge in [0.15, 0.2) is 0 Å². The predicted molar refractivity (Wildman–Crippen MR) is 101 cm³/mol. The van der Waals surface area contributed by atoms with Crippen LogP contribution in [0, 0.1) is 11.8 Å². The van der Waals surface area contributed by atoms with Crippen LogP contribution in [-0.4, -0.2) is 40.6 Å². The molecule has 2 amide bonds. The number of alkyl halides is 3. The van der Waals surface area contributed by atoms with Crippen LogP contribution in [0.4, 0.5) is 18.9 Å². The highest BCUT2D eigenvalue weighted by Crippen LogP contribution is 2.32. The highest BCUT2D eigenvalue weighted by atomic mass is 19.4. The van der Waals surface area contributed by atoms with E-state index in [1.165, 1.54) is 30.7 Å². The van der Waals surface area contributed by atoms with E-state index in [2.05, 4.69) is 42.1 Å². The number of aromatic nitrogens is 3. The maximum atomic E-state index is 12.8. The second-order valence-electron chi connectivity index (χ2n) is 5.89. The molecule has 0 radical (unpaired) electrons. The number of carbonyl (C=O) groups excluding carboxylic acids is 2. The third-order valence-electron chi connectivity index (χ3n) is 3.72. The lowest BCUT2D eigenvalue weighted by Gasteiger charge is -2.12. The fraction of sp³-hybridized carbons (Fsp3) is 0.158. The zero-order chi connectivity index (χ0) is 22.3. The number of amides is 2. The summed E-state index contributed by atoms with van der Waals surface area (Å²) in [6, 6.07) is 4.31. The van der Waals surface area contributed by atoms with E-state index in [9.17, 15) is 22.8 Å². The standard InChI is InChI=1S/C19H14F3N5O4/c20-19(21,22)16-9-24-18(27-16)13-2-3-15(30-6-5-23-11-28)14(7-13)26-17(29)4-1-12-8-25-31-10-12/h2-3,7-11H,5-6H2,(H,23,28)(H,24,27)(H,26,29). The number of ether oxygens (including phenoxy) is 1. The lowest BCUT2D eigenvalue weighted by Crippen LogP contribution is -2.19. The number of nitrogens with zero attached hydrogens (tertiary/aromatic N) is 2. The Balaban J connectivity index is 1.85. The minimum absolute atomic E-state index is 0.0486. The number of carbonyl (C=O) groups is 2. The van der Waals surface area contributed by atoms with E-state index >= 15 is 0 Å². The molecule has 0 bridgehead atoms. The summed E-state index contributed by atoms with van der Waals surface area (Å²) in [5.74, 6) is 4.34. The third kappa shape index (κ3) is 5.86. The van der Waals surface area contributed by atoms with Crippen molar-refractivity contribution in [3.05, 3.63) is 48.1 Å². The van der Waals surface area contributed by atoms with E-state index in [4.69, 9.17) is 4.74 Å². The van der Waals surface area contributed by atoms with Crippen molar-refractivity contribution >= 4 is 18.0 Å². The van der Waals surface area contributed by atoms with Gasteiger partial charge in [0.2, 0.25) is 6.41 Å². The molecule has 3 N–H and O–H groups in total. The quantitative estimate of drug-likeness (QED) is 0.298. The highest BCUT2D eigenvalue weighted by Gasteiger charge is 2.33. The summed E-state index contributed by atoms with van der Waals surface area (Å²) in [5.41, 5.74) is -0.196. The molecule has 0 unspecified atom stereocenters. The molecule has 0 saturated carbocycles. The first-order valence-electron chi connectivity index (χ1n) is 8.65. The Morgan fingerprint density at radius 2 is 2.16 bits per heavy atom. The number of aromatic amines is 1. The van der Waals surface area contributed by atoms with Gasteiger partial charge in [-0.25, -0.2) is 4.98 Å². The van der Waals surface area contributed by atoms with Crippen molar-refractivity contribution in [1.82, 2.24) is 20.4 Å². The summed E-state index contributed by atoms with van der Waals surface area (Å²) in [7, 11) is 0. The van der Waals surface area contributed by atoms with Gasteiger partial charge in [-0.1, -0.05) is 11.1 Å². The smallest absolute Gasteiger partial charge is 0.432 e. The molecule has 0 fully saturated rings. The van der Waals surface area contributed by atoms with Gasteiger partial charge < -0.3 is 24.9 Å². The van der Waals surface area contributed by atoms with Gasteiger partial charge in [0.25, 0.3) is 0 Å². The summed E-state index contributed by atoms with van der Waals surface area (Å²) >= 11 is 0. The van der Waals surface area contributed by atoms with Crippen LogP contribution in [0.3, 0.4) is 0 Å². The first-order chi connectivity index (χ1) is 14.9. The van der Waals surface area contributed by atoms with Crippen LogP contribution in [0.25, 0.3) is 11.4 Å². The van der Waals surface area contributed by atoms with Gasteiger partial charge in [-0.3, -0.25) is 9.59 Å². The number of halogens is 3. The molecule has 2 aromatic heterocycles. The Morgan fingerprint density at radius 3 is 2.84 bits per heavy atom. The minimum Gasteiger partial charge on any atom is -0.490 e. The number of H-pyrrole nitrogens is 1. The van der Waals surface area contributed by atoms with Crippen LogP contribution < -0.4 is 15.4 Å². The monoisotopic (exact) mass is 433 g/mol. The molecular formula is C19H14F3N5O4. The van der Waals surface area contributed by atoms with Gasteiger partial charge in [-0.2, -0.15) is 13.2 Å². The first kappa shape index (κ1) is 21.4. The summed E-state index contributed by atoms with van der Waals surface area (Å²) in [6.45, 7) is 0.297. The van der Waals surface area contributed by atoms with Crippen LogP contribution in [0.5, 0.6) is 5.75 Å². The van der Waals surface area contributed by atoms with Gasteiger partial charge in [0.05, 0.1) is 30.2 Å². The predicted octanol–water partition coefficient (Wildman–Crippen LogP) is 2.20. The second-order valence-corrected chi connectivity index (χ2v) is 5.89. The molecule has 12 heteroatoms. The normalized spacial score (nSPS) is 10.7. The average Bonchev–Trinajstić information content (AvgIpc) is 3.42. The third-order valence-corrected chi connectivity index (χ3v) is 3.72. The zero-order valence-electron chi connectivity index (χ0n) is 15.6. The van der Waals surface area contributed by atoms with Crippen LogP contribution in [0.1, 0.15) is 11.3 Å². The first-order valence-corrected chi connectivity index (χ1v) is 8.65. The Bertz CT molecular complexity index is 1110. The number of benzene rings is 1. The van der Waals surface area contributed by atoms with Crippen LogP contribution in [0.15, 0.2) is 41.4 Å². The SMILES string of the molecule is O=CNCCOc1ccc(-c2ncc(C(F)(F)F)[nH]2)cc1NC(=O)C#Cc1cnoc1. The molecule has 0 aliphatic heterocycles. The fourth-order valence-corrected chi connectivity index (χ4v) is 2.34. The van der Waals surface area contributed by atoms with Crippen molar-refractivity contribution < 1.29 is 32.0 Å². The minimum atomic E-state index is -4.57. The number of hydrogen-bond donors (Lipinski definition) is 3. The van der Waals surface area contributed by atoms with Crippen molar-refractivity contribution in [2.75, 3.05) is 18.5 Å². The summed E-state index contributed by atoms with van der Waals surface area (Å²) in [4.78, 5) is 28.5. The molecule has 31 heavy (non-hydrogen) atoms. The van der Waals surface area contributed by atoms with E-state index in [0.29, 0.717) is 18.2 Å². The summed E-state index contributed by atoms with van der Waals surface area (Å²) in [6.07, 6.45) is -0.818. The van der Waals surface area contributed by atoms with Gasteiger partial charge in [0, 0.05) is 11.5 Å². The van der Waals surface area contributed by atoms with Gasteiger partial charge in [-0.15, -0.1) is 0 Å². The van der Waals surface area contributed by atoms with E-state index in [0.717, 1.165) is 0 Å². The molecule has 0 atom stereocenters. The topological polar surface area (TPSA) is 122 Å². The van der Waals surface area contributed by atoms with Crippen LogP contribution in [0.2, 0.25) is 0 Å². The van der Waals surface area contributed by atoms with Crippen LogP contribution >= 0.6 is 0 Å². The summed E-state index contributed by atoms with van der Waals surface area (Å²) < 4.78 is 48.6. The van der Waals surface area contributed by atoms with Crippen molar-refractivity contribution in [1.29, 1.82) is 0 Å². The Kier molecular flexibility index (Phi) is 6.56. The molecule has 9 nitrogen and oxygen atoms in total. The molecule has 3 aromatic rings. The lowest BCUT2D eigenvalue weighted by atomic mass is 10.1. The number of nitrogens with one attached hydrogen (secondary N) is 3. The highest BCUT2D eigenvalue weighted by molar-refractivity contribution is 6.05. The fourth-order valence-electron chi connectivity index (χ4n) is 2.34. The van der Waals surface area contributed by atoms with Crippen molar-refractivity contribution in [2.24, 2.45) is 0 Å². The van der Waals surface area contributed by atoms with E-state index in [1.807, 2.05) is 0 Å².